The Balaban J connectivity index is 1.97. The normalized spacial score (nSPS) is 35.8. The Hall–Kier alpha value is -1.06. The van der Waals surface area contributed by atoms with E-state index in [0.717, 1.165) is 32.0 Å². The SMILES string of the molecule is CCCCOC(=O)N1C(C=O)C2CC1(C)C2. The highest BCUT2D eigenvalue weighted by Crippen LogP contribution is 2.53. The van der Waals surface area contributed by atoms with Gasteiger partial charge in [0.25, 0.3) is 0 Å². The molecule has 1 saturated carbocycles. The number of ether oxygens (including phenoxy) is 1. The van der Waals surface area contributed by atoms with E-state index in [0.29, 0.717) is 12.5 Å². The van der Waals surface area contributed by atoms with Crippen LogP contribution in [0.15, 0.2) is 0 Å². The van der Waals surface area contributed by atoms with Crippen molar-refractivity contribution < 1.29 is 14.3 Å². The van der Waals surface area contributed by atoms with E-state index in [-0.39, 0.29) is 17.7 Å². The zero-order valence-corrected chi connectivity index (χ0v) is 9.94. The molecule has 4 heteroatoms. The first kappa shape index (κ1) is 11.4. The number of fused-ring (bicyclic) bond motifs is 1. The molecule has 1 unspecified atom stereocenters. The molecular formula is C12H19NO3. The van der Waals surface area contributed by atoms with Gasteiger partial charge in [-0.1, -0.05) is 13.3 Å². The molecule has 4 nitrogen and oxygen atoms in total. The largest absolute Gasteiger partial charge is 0.449 e. The lowest BCUT2D eigenvalue weighted by Crippen LogP contribution is -2.47. The number of carbonyl (C=O) groups is 2. The van der Waals surface area contributed by atoms with Crippen LogP contribution in [0.3, 0.4) is 0 Å². The van der Waals surface area contributed by atoms with Crippen LogP contribution >= 0.6 is 0 Å². The fourth-order valence-corrected chi connectivity index (χ4v) is 2.97. The van der Waals surface area contributed by atoms with Crippen molar-refractivity contribution in [1.82, 2.24) is 4.90 Å². The number of aldehydes is 1. The zero-order chi connectivity index (χ0) is 11.8. The maximum absolute atomic E-state index is 11.9. The molecule has 0 spiro atoms. The number of rotatable bonds is 4. The summed E-state index contributed by atoms with van der Waals surface area (Å²) in [4.78, 5) is 24.5. The van der Waals surface area contributed by atoms with Crippen LogP contribution in [0.5, 0.6) is 0 Å². The highest BCUT2D eigenvalue weighted by molar-refractivity contribution is 5.77. The van der Waals surface area contributed by atoms with Gasteiger partial charge in [0.05, 0.1) is 12.6 Å². The molecule has 3 fully saturated rings. The molecule has 2 bridgehead atoms. The Morgan fingerprint density at radius 2 is 2.25 bits per heavy atom. The van der Waals surface area contributed by atoms with Crippen LogP contribution in [0, 0.1) is 5.92 Å². The summed E-state index contributed by atoms with van der Waals surface area (Å²) >= 11 is 0. The van der Waals surface area contributed by atoms with Gasteiger partial charge in [0.1, 0.15) is 6.29 Å². The number of nitrogens with zero attached hydrogens (tertiary/aromatic N) is 1. The molecule has 0 radical (unpaired) electrons. The Morgan fingerprint density at radius 1 is 1.56 bits per heavy atom. The monoisotopic (exact) mass is 225 g/mol. The molecule has 0 aromatic rings. The summed E-state index contributed by atoms with van der Waals surface area (Å²) in [6, 6.07) is -0.251. The first-order valence-corrected chi connectivity index (χ1v) is 6.04. The molecule has 1 aliphatic carbocycles. The van der Waals surface area contributed by atoms with E-state index in [2.05, 4.69) is 6.92 Å². The van der Waals surface area contributed by atoms with Gasteiger partial charge in [-0.25, -0.2) is 4.79 Å². The van der Waals surface area contributed by atoms with Gasteiger partial charge in [0.15, 0.2) is 0 Å². The second-order valence-corrected chi connectivity index (χ2v) is 5.13. The Morgan fingerprint density at radius 3 is 2.81 bits per heavy atom. The van der Waals surface area contributed by atoms with E-state index in [1.54, 1.807) is 4.90 Å². The van der Waals surface area contributed by atoms with Crippen LogP contribution in [0.2, 0.25) is 0 Å². The number of unbranched alkanes of at least 4 members (excludes halogenated alkanes) is 1. The van der Waals surface area contributed by atoms with E-state index < -0.39 is 0 Å². The average molecular weight is 225 g/mol. The summed E-state index contributed by atoms with van der Waals surface area (Å²) in [7, 11) is 0. The Kier molecular flexibility index (Phi) is 2.91. The summed E-state index contributed by atoms with van der Waals surface area (Å²) < 4.78 is 5.19. The second kappa shape index (κ2) is 4.07. The van der Waals surface area contributed by atoms with Crippen molar-refractivity contribution in [2.75, 3.05) is 6.61 Å². The molecule has 1 amide bonds. The lowest BCUT2D eigenvalue weighted by molar-refractivity contribution is -0.111. The number of carbonyl (C=O) groups excluding carboxylic acids is 2. The minimum absolute atomic E-state index is 0.125. The van der Waals surface area contributed by atoms with Gasteiger partial charge < -0.3 is 9.53 Å². The maximum atomic E-state index is 11.9. The first-order chi connectivity index (χ1) is 7.62. The van der Waals surface area contributed by atoms with Crippen molar-refractivity contribution in [2.24, 2.45) is 5.92 Å². The summed E-state index contributed by atoms with van der Waals surface area (Å²) in [5.41, 5.74) is -0.125. The molecule has 1 atom stereocenters. The Bertz CT molecular complexity index is 297. The predicted octanol–water partition coefficient (Wildman–Crippen LogP) is 1.97. The molecule has 2 saturated heterocycles. The van der Waals surface area contributed by atoms with E-state index in [9.17, 15) is 9.59 Å². The van der Waals surface area contributed by atoms with Gasteiger partial charge in [0, 0.05) is 5.54 Å². The average Bonchev–Trinajstić information content (AvgIpc) is 2.65. The summed E-state index contributed by atoms with van der Waals surface area (Å²) in [5.74, 6) is 0.362. The summed E-state index contributed by atoms with van der Waals surface area (Å²) in [6.45, 7) is 4.54. The van der Waals surface area contributed by atoms with Crippen LogP contribution in [-0.2, 0) is 9.53 Å². The minimum Gasteiger partial charge on any atom is -0.449 e. The molecule has 2 aliphatic heterocycles. The first-order valence-electron chi connectivity index (χ1n) is 6.04. The fourth-order valence-electron chi connectivity index (χ4n) is 2.97. The summed E-state index contributed by atoms with van der Waals surface area (Å²) in [5, 5.41) is 0. The standard InChI is InChI=1S/C12H19NO3/c1-3-4-5-16-11(15)13-10(8-14)9-6-12(13,2)7-9/h8-10H,3-7H2,1-2H3. The van der Waals surface area contributed by atoms with E-state index >= 15 is 0 Å². The highest BCUT2D eigenvalue weighted by atomic mass is 16.6. The van der Waals surface area contributed by atoms with Crippen molar-refractivity contribution in [3.63, 3.8) is 0 Å². The van der Waals surface area contributed by atoms with Gasteiger partial charge in [-0.05, 0) is 32.1 Å². The van der Waals surface area contributed by atoms with Crippen LogP contribution in [-0.4, -0.2) is 35.5 Å². The number of hydrogen-bond acceptors (Lipinski definition) is 3. The third-order valence-corrected chi connectivity index (χ3v) is 3.83. The van der Waals surface area contributed by atoms with Crippen molar-refractivity contribution in [2.45, 2.75) is 51.1 Å². The second-order valence-electron chi connectivity index (χ2n) is 5.13. The molecular weight excluding hydrogens is 206 g/mol. The molecule has 16 heavy (non-hydrogen) atoms. The molecule has 3 aliphatic rings. The van der Waals surface area contributed by atoms with Crippen molar-refractivity contribution in [1.29, 1.82) is 0 Å². The molecule has 0 N–H and O–H groups in total. The maximum Gasteiger partial charge on any atom is 0.410 e. The molecule has 2 heterocycles. The number of hydrogen-bond donors (Lipinski definition) is 0. The third-order valence-electron chi connectivity index (χ3n) is 3.83. The van der Waals surface area contributed by atoms with Crippen molar-refractivity contribution in [3.8, 4) is 0 Å². The smallest absolute Gasteiger partial charge is 0.410 e. The topological polar surface area (TPSA) is 46.6 Å². The molecule has 90 valence electrons. The Labute approximate surface area is 95.9 Å². The van der Waals surface area contributed by atoms with Gasteiger partial charge >= 0.3 is 6.09 Å². The highest BCUT2D eigenvalue weighted by Gasteiger charge is 2.61. The van der Waals surface area contributed by atoms with Gasteiger partial charge in [-0.15, -0.1) is 0 Å². The van der Waals surface area contributed by atoms with E-state index in [1.807, 2.05) is 6.92 Å². The van der Waals surface area contributed by atoms with E-state index in [4.69, 9.17) is 4.74 Å². The van der Waals surface area contributed by atoms with Gasteiger partial charge in [0.2, 0.25) is 0 Å². The van der Waals surface area contributed by atoms with E-state index in [1.165, 1.54) is 0 Å². The zero-order valence-electron chi connectivity index (χ0n) is 9.94. The van der Waals surface area contributed by atoms with Crippen LogP contribution in [0.4, 0.5) is 4.79 Å². The molecule has 3 rings (SSSR count). The third kappa shape index (κ3) is 1.60. The van der Waals surface area contributed by atoms with Gasteiger partial charge in [-0.2, -0.15) is 0 Å². The van der Waals surface area contributed by atoms with Gasteiger partial charge in [-0.3, -0.25) is 4.90 Å². The molecule has 0 aromatic heterocycles. The van der Waals surface area contributed by atoms with Crippen LogP contribution < -0.4 is 0 Å². The van der Waals surface area contributed by atoms with Crippen molar-refractivity contribution in [3.05, 3.63) is 0 Å². The van der Waals surface area contributed by atoms with Crippen LogP contribution in [0.25, 0.3) is 0 Å². The van der Waals surface area contributed by atoms with Crippen LogP contribution in [0.1, 0.15) is 39.5 Å². The number of amides is 1. The lowest BCUT2D eigenvalue weighted by atomic mass is 9.73. The summed E-state index contributed by atoms with van der Waals surface area (Å²) in [6.07, 6.45) is 4.35. The molecule has 0 aromatic carbocycles. The predicted molar refractivity (Wildman–Crippen MR) is 59.1 cm³/mol. The van der Waals surface area contributed by atoms with Crippen molar-refractivity contribution >= 4 is 12.4 Å². The quantitative estimate of drug-likeness (QED) is 0.543. The lowest BCUT2D eigenvalue weighted by Gasteiger charge is -2.37. The fraction of sp³-hybridized carbons (Fsp3) is 0.833. The minimum atomic E-state index is -0.312.